The number of aromatic amines is 1. The number of nitrogens with zero attached hydrogens (tertiary/aromatic N) is 3. The van der Waals surface area contributed by atoms with Crippen molar-refractivity contribution in [2.24, 2.45) is 5.10 Å². The van der Waals surface area contributed by atoms with E-state index in [2.05, 4.69) is 15.3 Å². The lowest BCUT2D eigenvalue weighted by Gasteiger charge is -2.11. The second-order valence-electron chi connectivity index (χ2n) is 7.05. The van der Waals surface area contributed by atoms with Crippen molar-refractivity contribution in [1.82, 2.24) is 14.9 Å². The predicted octanol–water partition coefficient (Wildman–Crippen LogP) is 5.48. The molecule has 0 unspecified atom stereocenters. The van der Waals surface area contributed by atoms with E-state index in [0.717, 1.165) is 22.4 Å². The highest BCUT2D eigenvalue weighted by molar-refractivity contribution is 7.71. The van der Waals surface area contributed by atoms with Crippen LogP contribution in [-0.4, -0.2) is 34.8 Å². The van der Waals surface area contributed by atoms with Gasteiger partial charge in [-0.1, -0.05) is 42.5 Å². The highest BCUT2D eigenvalue weighted by atomic mass is 32.1. The summed E-state index contributed by atoms with van der Waals surface area (Å²) in [6.07, 6.45) is 1.70. The molecule has 0 aliphatic rings. The molecular formula is C25H24N4O3S. The number of hydrogen-bond acceptors (Lipinski definition) is 6. The van der Waals surface area contributed by atoms with Gasteiger partial charge in [-0.3, -0.25) is 0 Å². The average molecular weight is 461 g/mol. The minimum atomic E-state index is 0.387. The molecule has 0 aliphatic carbocycles. The van der Waals surface area contributed by atoms with Crippen LogP contribution >= 0.6 is 12.2 Å². The van der Waals surface area contributed by atoms with Crippen molar-refractivity contribution in [3.8, 4) is 28.6 Å². The number of nitrogens with one attached hydrogen (secondary N) is 1. The molecule has 3 aromatic carbocycles. The van der Waals surface area contributed by atoms with Crippen LogP contribution in [0.5, 0.6) is 17.2 Å². The molecule has 0 fully saturated rings. The Labute approximate surface area is 197 Å². The summed E-state index contributed by atoms with van der Waals surface area (Å²) in [6.45, 7) is 2.99. The van der Waals surface area contributed by atoms with E-state index in [1.54, 1.807) is 18.0 Å². The quantitative estimate of drug-likeness (QED) is 0.265. The summed E-state index contributed by atoms with van der Waals surface area (Å²) in [5.41, 5.74) is 2.75. The van der Waals surface area contributed by atoms with Gasteiger partial charge in [0, 0.05) is 5.56 Å². The van der Waals surface area contributed by atoms with Crippen LogP contribution in [-0.2, 0) is 6.61 Å². The monoisotopic (exact) mass is 460 g/mol. The molecule has 33 heavy (non-hydrogen) atoms. The van der Waals surface area contributed by atoms with E-state index in [4.69, 9.17) is 26.4 Å². The lowest BCUT2D eigenvalue weighted by atomic mass is 10.2. The van der Waals surface area contributed by atoms with Crippen molar-refractivity contribution in [2.45, 2.75) is 13.5 Å². The van der Waals surface area contributed by atoms with Gasteiger partial charge in [-0.2, -0.15) is 14.9 Å². The van der Waals surface area contributed by atoms with Crippen molar-refractivity contribution in [3.05, 3.63) is 88.7 Å². The summed E-state index contributed by atoms with van der Waals surface area (Å²) in [6, 6.07) is 23.3. The molecule has 8 heteroatoms. The van der Waals surface area contributed by atoms with Crippen LogP contribution in [0.15, 0.2) is 77.9 Å². The third-order valence-electron chi connectivity index (χ3n) is 4.80. The van der Waals surface area contributed by atoms with E-state index < -0.39 is 0 Å². The molecular weight excluding hydrogens is 436 g/mol. The second-order valence-corrected chi connectivity index (χ2v) is 7.44. The zero-order chi connectivity index (χ0) is 23.0. The fourth-order valence-electron chi connectivity index (χ4n) is 3.22. The molecule has 0 aliphatic heterocycles. The average Bonchev–Trinajstić information content (AvgIpc) is 3.23. The predicted molar refractivity (Wildman–Crippen MR) is 131 cm³/mol. The molecule has 1 N–H and O–H groups in total. The number of hydrogen-bond donors (Lipinski definition) is 1. The fraction of sp³-hybridized carbons (Fsp3) is 0.160. The van der Waals surface area contributed by atoms with Crippen LogP contribution < -0.4 is 14.2 Å². The molecule has 0 radical (unpaired) electrons. The minimum absolute atomic E-state index is 0.387. The molecule has 0 atom stereocenters. The second kappa shape index (κ2) is 10.6. The summed E-state index contributed by atoms with van der Waals surface area (Å²) in [7, 11) is 1.61. The highest BCUT2D eigenvalue weighted by Crippen LogP contribution is 2.28. The maximum atomic E-state index is 5.93. The first-order valence-electron chi connectivity index (χ1n) is 10.5. The van der Waals surface area contributed by atoms with E-state index in [0.29, 0.717) is 35.3 Å². The van der Waals surface area contributed by atoms with Gasteiger partial charge in [-0.05, 0) is 60.6 Å². The standard InChI is InChI=1S/C25H24N4O3S/c1-3-31-21-11-7-10-20(15-21)24-27-28-25(33)29(24)26-16-19-12-13-22(23(14-19)30-2)32-17-18-8-5-4-6-9-18/h4-16H,3,17H2,1-2H3,(H,28,33). The number of H-pyrrole nitrogens is 1. The molecule has 7 nitrogen and oxygen atoms in total. The number of methoxy groups -OCH3 is 1. The lowest BCUT2D eigenvalue weighted by molar-refractivity contribution is 0.284. The van der Waals surface area contributed by atoms with Gasteiger partial charge in [-0.15, -0.1) is 0 Å². The molecule has 1 aromatic heterocycles. The van der Waals surface area contributed by atoms with Gasteiger partial charge in [0.05, 0.1) is 19.9 Å². The van der Waals surface area contributed by atoms with E-state index in [1.807, 2.05) is 79.7 Å². The van der Waals surface area contributed by atoms with Gasteiger partial charge in [0.2, 0.25) is 4.77 Å². The summed E-state index contributed by atoms with van der Waals surface area (Å²) in [4.78, 5) is 0. The van der Waals surface area contributed by atoms with Crippen LogP contribution in [0.2, 0.25) is 0 Å². The zero-order valence-corrected chi connectivity index (χ0v) is 19.2. The number of ether oxygens (including phenoxy) is 3. The summed E-state index contributed by atoms with van der Waals surface area (Å²) in [5, 5.41) is 11.7. The molecule has 0 saturated heterocycles. The first-order valence-corrected chi connectivity index (χ1v) is 10.9. The van der Waals surface area contributed by atoms with Crippen molar-refractivity contribution in [2.75, 3.05) is 13.7 Å². The van der Waals surface area contributed by atoms with Crippen LogP contribution in [0, 0.1) is 4.77 Å². The van der Waals surface area contributed by atoms with Crippen LogP contribution in [0.4, 0.5) is 0 Å². The van der Waals surface area contributed by atoms with Crippen LogP contribution in [0.25, 0.3) is 11.4 Å². The van der Waals surface area contributed by atoms with E-state index >= 15 is 0 Å². The zero-order valence-electron chi connectivity index (χ0n) is 18.4. The van der Waals surface area contributed by atoms with Gasteiger partial charge in [0.1, 0.15) is 12.4 Å². The smallest absolute Gasteiger partial charge is 0.216 e. The summed E-state index contributed by atoms with van der Waals surface area (Å²) >= 11 is 5.38. The lowest BCUT2D eigenvalue weighted by Crippen LogP contribution is -1.99. The third-order valence-corrected chi connectivity index (χ3v) is 5.07. The SMILES string of the molecule is CCOc1cccc(-c2n[nH]c(=S)n2N=Cc2ccc(OCc3ccccc3)c(OC)c2)c1. The highest BCUT2D eigenvalue weighted by Gasteiger charge is 2.10. The fourth-order valence-corrected chi connectivity index (χ4v) is 3.40. The Hall–Kier alpha value is -3.91. The maximum absolute atomic E-state index is 5.93. The summed E-state index contributed by atoms with van der Waals surface area (Å²) < 4.78 is 19.0. The number of benzene rings is 3. The van der Waals surface area contributed by atoms with Gasteiger partial charge in [-0.25, -0.2) is 5.10 Å². The van der Waals surface area contributed by atoms with Crippen molar-refractivity contribution in [1.29, 1.82) is 0 Å². The Morgan fingerprint density at radius 2 is 1.85 bits per heavy atom. The summed E-state index contributed by atoms with van der Waals surface area (Å²) in [5.74, 6) is 2.63. The molecule has 4 aromatic rings. The minimum Gasteiger partial charge on any atom is -0.494 e. The Morgan fingerprint density at radius 1 is 1.00 bits per heavy atom. The van der Waals surface area contributed by atoms with E-state index in [1.165, 1.54) is 0 Å². The maximum Gasteiger partial charge on any atom is 0.216 e. The van der Waals surface area contributed by atoms with Crippen LogP contribution in [0.1, 0.15) is 18.1 Å². The topological polar surface area (TPSA) is 73.7 Å². The number of aromatic nitrogens is 3. The Balaban J connectivity index is 1.55. The van der Waals surface area contributed by atoms with Crippen molar-refractivity contribution >= 4 is 18.4 Å². The van der Waals surface area contributed by atoms with Gasteiger partial charge >= 0.3 is 0 Å². The van der Waals surface area contributed by atoms with Crippen molar-refractivity contribution in [3.63, 3.8) is 0 Å². The first kappa shape index (κ1) is 22.3. The Morgan fingerprint density at radius 3 is 2.64 bits per heavy atom. The first-order chi connectivity index (χ1) is 16.2. The number of rotatable bonds is 9. The van der Waals surface area contributed by atoms with Gasteiger partial charge in [0.15, 0.2) is 17.3 Å². The molecule has 0 spiro atoms. The van der Waals surface area contributed by atoms with E-state index in [9.17, 15) is 0 Å². The largest absolute Gasteiger partial charge is 0.494 e. The van der Waals surface area contributed by atoms with Crippen LogP contribution in [0.3, 0.4) is 0 Å². The molecule has 0 saturated carbocycles. The Bertz CT molecular complexity index is 1300. The van der Waals surface area contributed by atoms with Crippen molar-refractivity contribution < 1.29 is 14.2 Å². The molecule has 0 amide bonds. The molecule has 1 heterocycles. The molecule has 4 rings (SSSR count). The van der Waals surface area contributed by atoms with E-state index in [-0.39, 0.29) is 0 Å². The van der Waals surface area contributed by atoms with Gasteiger partial charge in [0.25, 0.3) is 0 Å². The molecule has 168 valence electrons. The normalized spacial score (nSPS) is 11.0. The van der Waals surface area contributed by atoms with Gasteiger partial charge < -0.3 is 14.2 Å². The molecule has 0 bridgehead atoms. The Kier molecular flexibility index (Phi) is 7.16. The third kappa shape index (κ3) is 5.48.